The van der Waals surface area contributed by atoms with Crippen LogP contribution in [0.2, 0.25) is 0 Å². The Morgan fingerprint density at radius 3 is 2.74 bits per heavy atom. The molecule has 31 heavy (non-hydrogen) atoms. The van der Waals surface area contributed by atoms with Crippen LogP contribution in [0, 0.1) is 0 Å². The smallest absolute Gasteiger partial charge is 0.297 e. The molecule has 5 rings (SSSR count). The zero-order valence-corrected chi connectivity index (χ0v) is 16.3. The predicted octanol–water partition coefficient (Wildman–Crippen LogP) is 4.91. The lowest BCUT2D eigenvalue weighted by molar-refractivity contribution is 0.0989. The Kier molecular flexibility index (Phi) is 4.74. The van der Waals surface area contributed by atoms with Gasteiger partial charge in [-0.15, -0.1) is 0 Å². The number of hydrogen-bond donors (Lipinski definition) is 1. The van der Waals surface area contributed by atoms with E-state index in [0.717, 1.165) is 11.3 Å². The number of benzene rings is 2. The summed E-state index contributed by atoms with van der Waals surface area (Å²) >= 11 is 0. The zero-order valence-electron chi connectivity index (χ0n) is 16.3. The minimum atomic E-state index is -2.77. The van der Waals surface area contributed by atoms with Crippen molar-refractivity contribution in [1.29, 1.82) is 0 Å². The molecule has 6 nitrogen and oxygen atoms in total. The number of rotatable bonds is 4. The van der Waals surface area contributed by atoms with Crippen LogP contribution in [0.4, 0.5) is 26.0 Å². The first-order valence-electron chi connectivity index (χ1n) is 9.77. The number of amides is 1. The van der Waals surface area contributed by atoms with E-state index in [1.807, 2.05) is 24.3 Å². The lowest BCUT2D eigenvalue weighted by Gasteiger charge is -2.18. The molecule has 2 aromatic heterocycles. The summed E-state index contributed by atoms with van der Waals surface area (Å²) in [4.78, 5) is 26.5. The van der Waals surface area contributed by atoms with Crippen molar-refractivity contribution in [2.45, 2.75) is 12.8 Å². The topological polar surface area (TPSA) is 71.0 Å². The van der Waals surface area contributed by atoms with Gasteiger partial charge in [-0.2, -0.15) is 0 Å². The lowest BCUT2D eigenvalue weighted by atomic mass is 10.1. The van der Waals surface area contributed by atoms with Gasteiger partial charge in [-0.05, 0) is 54.4 Å². The van der Waals surface area contributed by atoms with Crippen LogP contribution < -0.4 is 10.2 Å². The zero-order chi connectivity index (χ0) is 21.4. The second-order valence-electron chi connectivity index (χ2n) is 7.17. The van der Waals surface area contributed by atoms with E-state index in [1.165, 1.54) is 0 Å². The van der Waals surface area contributed by atoms with Gasteiger partial charge in [-0.25, -0.2) is 18.7 Å². The van der Waals surface area contributed by atoms with E-state index in [1.54, 1.807) is 47.6 Å². The number of alkyl halides is 2. The molecule has 1 N–H and O–H groups in total. The van der Waals surface area contributed by atoms with Crippen molar-refractivity contribution >= 4 is 34.0 Å². The van der Waals surface area contributed by atoms with Crippen molar-refractivity contribution < 1.29 is 13.6 Å². The van der Waals surface area contributed by atoms with Gasteiger partial charge in [0.15, 0.2) is 5.82 Å². The number of hydrogen-bond acceptors (Lipinski definition) is 5. The Morgan fingerprint density at radius 1 is 1.06 bits per heavy atom. The van der Waals surface area contributed by atoms with E-state index in [0.29, 0.717) is 40.9 Å². The molecule has 0 radical (unpaired) electrons. The average molecular weight is 417 g/mol. The first kappa shape index (κ1) is 19.0. The van der Waals surface area contributed by atoms with Crippen molar-refractivity contribution in [1.82, 2.24) is 15.0 Å². The van der Waals surface area contributed by atoms with Crippen LogP contribution in [-0.4, -0.2) is 27.4 Å². The Balaban J connectivity index is 1.46. The molecule has 2 aromatic carbocycles. The molecule has 0 saturated heterocycles. The molecule has 0 fully saturated rings. The van der Waals surface area contributed by atoms with Crippen LogP contribution in [0.25, 0.3) is 10.9 Å². The molecule has 8 heteroatoms. The van der Waals surface area contributed by atoms with Crippen LogP contribution >= 0.6 is 0 Å². The van der Waals surface area contributed by atoms with Gasteiger partial charge in [-0.3, -0.25) is 9.78 Å². The molecule has 154 valence electrons. The molecule has 0 spiro atoms. The number of para-hydroxylation sites is 1. The number of aromatic nitrogens is 3. The van der Waals surface area contributed by atoms with Gasteiger partial charge in [0.1, 0.15) is 5.82 Å². The highest BCUT2D eigenvalue weighted by Gasteiger charge is 2.26. The minimum absolute atomic E-state index is 0.101. The summed E-state index contributed by atoms with van der Waals surface area (Å²) in [5.41, 5.74) is 3.52. The molecule has 4 aromatic rings. The lowest BCUT2D eigenvalue weighted by Crippen LogP contribution is -2.28. The Morgan fingerprint density at radius 2 is 1.94 bits per heavy atom. The van der Waals surface area contributed by atoms with Crippen LogP contribution in [0.1, 0.15) is 28.2 Å². The highest BCUT2D eigenvalue weighted by atomic mass is 19.3. The summed E-state index contributed by atoms with van der Waals surface area (Å²) in [6.07, 6.45) is 1.11. The van der Waals surface area contributed by atoms with Gasteiger partial charge in [-0.1, -0.05) is 12.1 Å². The van der Waals surface area contributed by atoms with Crippen LogP contribution in [-0.2, 0) is 6.42 Å². The number of nitrogens with one attached hydrogen (secondary N) is 1. The molecule has 3 heterocycles. The fourth-order valence-corrected chi connectivity index (χ4v) is 3.76. The van der Waals surface area contributed by atoms with E-state index in [4.69, 9.17) is 0 Å². The Hall–Kier alpha value is -3.94. The van der Waals surface area contributed by atoms with Crippen molar-refractivity contribution in [2.75, 3.05) is 16.8 Å². The standard InChI is InChI=1S/C23H17F2N5O/c24-20(25)22-28-18-6-2-1-5-17(18)21(29-22)27-16-7-8-19-14(12-16)9-11-30(19)23(31)15-4-3-10-26-13-15/h1-8,10,12-13,20H,9,11H2,(H,27,28,29). The third kappa shape index (κ3) is 3.56. The van der Waals surface area contributed by atoms with Gasteiger partial charge >= 0.3 is 0 Å². The highest BCUT2D eigenvalue weighted by molar-refractivity contribution is 6.07. The van der Waals surface area contributed by atoms with Gasteiger partial charge in [0.2, 0.25) is 0 Å². The number of carbonyl (C=O) groups is 1. The maximum Gasteiger partial charge on any atom is 0.297 e. The van der Waals surface area contributed by atoms with Crippen molar-refractivity contribution in [3.05, 3.63) is 83.9 Å². The molecule has 1 aliphatic rings. The monoisotopic (exact) mass is 417 g/mol. The SMILES string of the molecule is O=C(c1cccnc1)N1CCc2cc(Nc3nc(C(F)F)nc4ccccc34)ccc21. The molecule has 0 saturated carbocycles. The van der Waals surface area contributed by atoms with E-state index >= 15 is 0 Å². The molecule has 0 bridgehead atoms. The van der Waals surface area contributed by atoms with Crippen LogP contribution in [0.3, 0.4) is 0 Å². The number of halogens is 2. The van der Waals surface area contributed by atoms with E-state index in [-0.39, 0.29) is 5.91 Å². The minimum Gasteiger partial charge on any atom is -0.340 e. The first-order valence-corrected chi connectivity index (χ1v) is 9.77. The molecular weight excluding hydrogens is 400 g/mol. The number of fused-ring (bicyclic) bond motifs is 2. The molecule has 1 aliphatic heterocycles. The summed E-state index contributed by atoms with van der Waals surface area (Å²) in [6.45, 7) is 0.568. The Labute approximate surface area is 176 Å². The van der Waals surface area contributed by atoms with Crippen molar-refractivity contribution in [3.63, 3.8) is 0 Å². The Bertz CT molecular complexity index is 1280. The summed E-state index contributed by atoms with van der Waals surface area (Å²) in [5.74, 6) is -0.298. The molecule has 0 aliphatic carbocycles. The fourth-order valence-electron chi connectivity index (χ4n) is 3.76. The normalized spacial score (nSPS) is 12.9. The predicted molar refractivity (Wildman–Crippen MR) is 114 cm³/mol. The van der Waals surface area contributed by atoms with Gasteiger partial charge in [0, 0.05) is 35.7 Å². The summed E-state index contributed by atoms with van der Waals surface area (Å²) in [7, 11) is 0. The summed E-state index contributed by atoms with van der Waals surface area (Å²) in [5, 5.41) is 3.80. The number of pyridine rings is 1. The second-order valence-corrected chi connectivity index (χ2v) is 7.17. The third-order valence-corrected chi connectivity index (χ3v) is 5.21. The maximum absolute atomic E-state index is 13.3. The van der Waals surface area contributed by atoms with Crippen molar-refractivity contribution in [2.24, 2.45) is 0 Å². The quantitative estimate of drug-likeness (QED) is 0.511. The third-order valence-electron chi connectivity index (χ3n) is 5.21. The molecule has 1 amide bonds. The van der Waals surface area contributed by atoms with Gasteiger partial charge in [0.05, 0.1) is 11.1 Å². The summed E-state index contributed by atoms with van der Waals surface area (Å²) < 4.78 is 26.5. The van der Waals surface area contributed by atoms with E-state index < -0.39 is 12.2 Å². The van der Waals surface area contributed by atoms with Crippen LogP contribution in [0.5, 0.6) is 0 Å². The number of carbonyl (C=O) groups excluding carboxylic acids is 1. The first-order chi connectivity index (χ1) is 15.1. The number of nitrogens with zero attached hydrogens (tertiary/aromatic N) is 4. The second kappa shape index (κ2) is 7.71. The molecular formula is C23H17F2N5O. The van der Waals surface area contributed by atoms with Gasteiger partial charge < -0.3 is 10.2 Å². The maximum atomic E-state index is 13.3. The van der Waals surface area contributed by atoms with E-state index in [9.17, 15) is 13.6 Å². The molecule has 0 atom stereocenters. The highest BCUT2D eigenvalue weighted by Crippen LogP contribution is 2.33. The number of anilines is 3. The summed E-state index contributed by atoms with van der Waals surface area (Å²) in [6, 6.07) is 16.1. The van der Waals surface area contributed by atoms with Gasteiger partial charge in [0.25, 0.3) is 12.3 Å². The molecule has 0 unspecified atom stereocenters. The largest absolute Gasteiger partial charge is 0.340 e. The van der Waals surface area contributed by atoms with Crippen molar-refractivity contribution in [3.8, 4) is 0 Å². The van der Waals surface area contributed by atoms with E-state index in [2.05, 4.69) is 20.3 Å². The van der Waals surface area contributed by atoms with Crippen LogP contribution in [0.15, 0.2) is 67.0 Å². The average Bonchev–Trinajstić information content (AvgIpc) is 3.22. The fraction of sp³-hybridized carbons (Fsp3) is 0.130.